The Kier molecular flexibility index (Phi) is 7.07. The van der Waals surface area contributed by atoms with E-state index in [-0.39, 0.29) is 19.4 Å². The van der Waals surface area contributed by atoms with E-state index < -0.39 is 24.3 Å². The molecule has 0 radical (unpaired) electrons. The van der Waals surface area contributed by atoms with Crippen molar-refractivity contribution in [2.24, 2.45) is 0 Å². The van der Waals surface area contributed by atoms with Crippen LogP contribution in [0, 0.1) is 0 Å². The second-order valence-corrected chi connectivity index (χ2v) is 5.03. The summed E-state index contributed by atoms with van der Waals surface area (Å²) in [6.45, 7) is -0.0621. The first-order valence-corrected chi connectivity index (χ1v) is 7.36. The molecule has 0 spiro atoms. The maximum Gasteiger partial charge on any atom is 0.338 e. The Hall–Kier alpha value is -2.06. The molecule has 7 nitrogen and oxygen atoms in total. The van der Waals surface area contributed by atoms with E-state index in [2.05, 4.69) is 0 Å². The number of hydrogen-bond acceptors (Lipinski definition) is 7. The Bertz CT molecular complexity index is 570. The number of hydrogen-bond donors (Lipinski definition) is 0. The van der Waals surface area contributed by atoms with Crippen LogP contribution in [0.2, 0.25) is 0 Å². The molecule has 24 heavy (non-hydrogen) atoms. The van der Waals surface area contributed by atoms with E-state index >= 15 is 0 Å². The largest absolute Gasteiger partial charge is 0.447 e. The maximum atomic E-state index is 12.2. The summed E-state index contributed by atoms with van der Waals surface area (Å²) in [6, 6.07) is 8.42. The molecule has 130 valence electrons. The van der Waals surface area contributed by atoms with E-state index in [0.29, 0.717) is 5.56 Å². The van der Waals surface area contributed by atoms with Gasteiger partial charge < -0.3 is 23.7 Å². The first-order valence-electron chi connectivity index (χ1n) is 7.36. The summed E-state index contributed by atoms with van der Waals surface area (Å²) in [6.07, 6.45) is 0.307. The molecular formula is C17H20O7. The van der Waals surface area contributed by atoms with Crippen LogP contribution in [-0.4, -0.2) is 57.9 Å². The molecule has 3 atom stereocenters. The van der Waals surface area contributed by atoms with Crippen LogP contribution in [0.4, 0.5) is 0 Å². The predicted octanol–water partition coefficient (Wildman–Crippen LogP) is 1.33. The molecule has 1 aromatic carbocycles. The lowest BCUT2D eigenvalue weighted by Gasteiger charge is -2.32. The van der Waals surface area contributed by atoms with E-state index in [1.165, 1.54) is 20.3 Å². The summed E-state index contributed by atoms with van der Waals surface area (Å²) in [4.78, 5) is 24.4. The van der Waals surface area contributed by atoms with Crippen molar-refractivity contribution in [3.05, 3.63) is 48.0 Å². The van der Waals surface area contributed by atoms with Gasteiger partial charge in [0.05, 0.1) is 5.56 Å². The second-order valence-electron chi connectivity index (χ2n) is 5.03. The van der Waals surface area contributed by atoms with Crippen LogP contribution in [0.3, 0.4) is 0 Å². The van der Waals surface area contributed by atoms with E-state index in [0.717, 1.165) is 0 Å². The van der Waals surface area contributed by atoms with Crippen LogP contribution >= 0.6 is 0 Å². The first kappa shape index (κ1) is 18.3. The summed E-state index contributed by atoms with van der Waals surface area (Å²) in [5, 5.41) is 0. The van der Waals surface area contributed by atoms with Crippen molar-refractivity contribution < 1.29 is 33.3 Å². The van der Waals surface area contributed by atoms with Gasteiger partial charge in [-0.15, -0.1) is 0 Å². The van der Waals surface area contributed by atoms with Gasteiger partial charge in [0, 0.05) is 14.2 Å². The average Bonchev–Trinajstić information content (AvgIpc) is 2.61. The summed E-state index contributed by atoms with van der Waals surface area (Å²) in [7, 11) is 2.94. The van der Waals surface area contributed by atoms with Gasteiger partial charge in [0.25, 0.3) is 0 Å². The normalized spacial score (nSPS) is 23.2. The number of methoxy groups -OCH3 is 2. The molecule has 7 heteroatoms. The number of carbonyl (C=O) groups is 2. The number of rotatable bonds is 8. The van der Waals surface area contributed by atoms with Crippen molar-refractivity contribution in [1.29, 1.82) is 0 Å². The van der Waals surface area contributed by atoms with Crippen molar-refractivity contribution in [2.75, 3.05) is 27.8 Å². The fourth-order valence-electron chi connectivity index (χ4n) is 2.24. The van der Waals surface area contributed by atoms with E-state index in [1.54, 1.807) is 36.4 Å². The van der Waals surface area contributed by atoms with Crippen LogP contribution < -0.4 is 0 Å². The molecule has 0 saturated carbocycles. The third-order valence-corrected chi connectivity index (χ3v) is 3.35. The number of ketones is 1. The zero-order chi connectivity index (χ0) is 17.4. The topological polar surface area (TPSA) is 80.3 Å². The van der Waals surface area contributed by atoms with Crippen LogP contribution in [0.1, 0.15) is 10.4 Å². The Morgan fingerprint density at radius 2 is 1.71 bits per heavy atom. The Morgan fingerprint density at radius 3 is 2.38 bits per heavy atom. The molecule has 0 N–H and O–H groups in total. The first-order chi connectivity index (χ1) is 11.7. The molecule has 1 aliphatic rings. The van der Waals surface area contributed by atoms with Crippen LogP contribution in [-0.2, 0) is 28.5 Å². The van der Waals surface area contributed by atoms with E-state index in [4.69, 9.17) is 23.7 Å². The van der Waals surface area contributed by atoms with E-state index in [9.17, 15) is 9.59 Å². The molecule has 0 fully saturated rings. The number of esters is 1. The number of ether oxygens (including phenoxy) is 5. The van der Waals surface area contributed by atoms with Gasteiger partial charge in [-0.2, -0.15) is 0 Å². The minimum Gasteiger partial charge on any atom is -0.447 e. The van der Waals surface area contributed by atoms with Crippen LogP contribution in [0.5, 0.6) is 0 Å². The zero-order valence-corrected chi connectivity index (χ0v) is 13.5. The summed E-state index contributed by atoms with van der Waals surface area (Å²) >= 11 is 0. The SMILES string of the molecule is COCO[C@@H]1[C@H](OC(=O)c2ccccc2)C(=O)C=C[C@H]1OCOC. The highest BCUT2D eigenvalue weighted by Crippen LogP contribution is 2.21. The molecule has 0 heterocycles. The molecular weight excluding hydrogens is 316 g/mol. The van der Waals surface area contributed by atoms with Gasteiger partial charge in [-0.1, -0.05) is 18.2 Å². The molecule has 0 bridgehead atoms. The third kappa shape index (κ3) is 4.72. The Morgan fingerprint density at radius 1 is 1.04 bits per heavy atom. The van der Waals surface area contributed by atoms with Gasteiger partial charge in [0.15, 0.2) is 11.9 Å². The number of benzene rings is 1. The highest BCUT2D eigenvalue weighted by Gasteiger charge is 2.40. The second kappa shape index (κ2) is 9.29. The van der Waals surface area contributed by atoms with Crippen molar-refractivity contribution >= 4 is 11.8 Å². The lowest BCUT2D eigenvalue weighted by molar-refractivity contribution is -0.179. The average molecular weight is 336 g/mol. The summed E-state index contributed by atoms with van der Waals surface area (Å²) in [5.41, 5.74) is 0.347. The van der Waals surface area contributed by atoms with Crippen LogP contribution in [0.15, 0.2) is 42.5 Å². The quantitative estimate of drug-likeness (QED) is 0.523. The van der Waals surface area contributed by atoms with Crippen molar-refractivity contribution in [3.8, 4) is 0 Å². The molecule has 2 rings (SSSR count). The predicted molar refractivity (Wildman–Crippen MR) is 83.3 cm³/mol. The minimum atomic E-state index is -1.13. The van der Waals surface area contributed by atoms with Gasteiger partial charge in [0.2, 0.25) is 0 Å². The van der Waals surface area contributed by atoms with E-state index in [1.807, 2.05) is 0 Å². The number of carbonyl (C=O) groups excluding carboxylic acids is 2. The van der Waals surface area contributed by atoms with Gasteiger partial charge in [-0.25, -0.2) is 4.79 Å². The molecule has 0 saturated heterocycles. The minimum absolute atomic E-state index is 0.00932. The molecule has 1 aromatic rings. The fourth-order valence-corrected chi connectivity index (χ4v) is 2.24. The van der Waals surface area contributed by atoms with Gasteiger partial charge in [-0.3, -0.25) is 4.79 Å². The maximum absolute atomic E-state index is 12.2. The Labute approximate surface area is 140 Å². The van der Waals surface area contributed by atoms with Crippen molar-refractivity contribution in [2.45, 2.75) is 18.3 Å². The van der Waals surface area contributed by atoms with Gasteiger partial charge in [0.1, 0.15) is 25.8 Å². The zero-order valence-electron chi connectivity index (χ0n) is 13.5. The summed E-state index contributed by atoms with van der Waals surface area (Å²) < 4.78 is 26.1. The molecule has 1 aliphatic carbocycles. The fraction of sp³-hybridized carbons (Fsp3) is 0.412. The highest BCUT2D eigenvalue weighted by molar-refractivity contribution is 5.98. The lowest BCUT2D eigenvalue weighted by Crippen LogP contribution is -2.49. The molecule has 0 amide bonds. The van der Waals surface area contributed by atoms with Crippen molar-refractivity contribution in [3.63, 3.8) is 0 Å². The van der Waals surface area contributed by atoms with Crippen molar-refractivity contribution in [1.82, 2.24) is 0 Å². The van der Waals surface area contributed by atoms with Crippen LogP contribution in [0.25, 0.3) is 0 Å². The Balaban J connectivity index is 2.15. The van der Waals surface area contributed by atoms with Gasteiger partial charge in [-0.05, 0) is 24.3 Å². The third-order valence-electron chi connectivity index (χ3n) is 3.35. The highest BCUT2D eigenvalue weighted by atomic mass is 16.7. The molecule has 0 aliphatic heterocycles. The molecule has 0 unspecified atom stereocenters. The smallest absolute Gasteiger partial charge is 0.338 e. The summed E-state index contributed by atoms with van der Waals surface area (Å²) in [5.74, 6) is -0.988. The standard InChI is InChI=1S/C17H20O7/c1-20-10-22-14-9-8-13(18)15(16(14)23-11-21-2)24-17(19)12-6-4-3-5-7-12/h3-9,14-16H,10-11H2,1-2H3/t14-,15-,16+/m1/s1. The molecule has 0 aromatic heterocycles. The monoisotopic (exact) mass is 336 g/mol. The lowest BCUT2D eigenvalue weighted by atomic mass is 9.97. The van der Waals surface area contributed by atoms with Gasteiger partial charge >= 0.3 is 5.97 Å².